The molecule has 0 atom stereocenters. The number of rotatable bonds is 4. The number of hydrogen-bond donors (Lipinski definition) is 0. The highest BCUT2D eigenvalue weighted by Crippen LogP contribution is 2.28. The fourth-order valence-corrected chi connectivity index (χ4v) is 1.90. The van der Waals surface area contributed by atoms with E-state index in [1.807, 2.05) is 30.3 Å². The van der Waals surface area contributed by atoms with Gasteiger partial charge in [0, 0.05) is 12.2 Å². The lowest BCUT2D eigenvalue weighted by Gasteiger charge is -2.27. The number of halogens is 3. The molecule has 0 amide bonds. The van der Waals surface area contributed by atoms with Gasteiger partial charge in [-0.1, -0.05) is 48.5 Å². The molecular formula is C15H14F3N. The maximum absolute atomic E-state index is 13.0. The van der Waals surface area contributed by atoms with Gasteiger partial charge in [0.15, 0.2) is 0 Å². The van der Waals surface area contributed by atoms with Gasteiger partial charge in [0.05, 0.1) is 0 Å². The Morgan fingerprint density at radius 2 is 1.32 bits per heavy atom. The van der Waals surface area contributed by atoms with Crippen LogP contribution >= 0.6 is 0 Å². The minimum Gasteiger partial charge on any atom is -0.284 e. The molecule has 0 saturated heterocycles. The van der Waals surface area contributed by atoms with Crippen LogP contribution in [0, 0.1) is 0 Å². The third kappa shape index (κ3) is 3.74. The maximum Gasteiger partial charge on any atom is 0.484 e. The topological polar surface area (TPSA) is 3.24 Å². The van der Waals surface area contributed by atoms with E-state index in [9.17, 15) is 13.2 Å². The predicted octanol–water partition coefficient (Wildman–Crippen LogP) is 4.26. The number of para-hydroxylation sites is 1. The zero-order valence-electron chi connectivity index (χ0n) is 10.3. The lowest BCUT2D eigenvalue weighted by atomic mass is 10.1. The normalized spacial score (nSPS) is 11.3. The van der Waals surface area contributed by atoms with Crippen LogP contribution in [-0.2, 0) is 6.42 Å². The molecule has 0 aromatic heterocycles. The number of hydrogen-bond acceptors (Lipinski definition) is 1. The van der Waals surface area contributed by atoms with Gasteiger partial charge in [0.2, 0.25) is 0 Å². The molecule has 19 heavy (non-hydrogen) atoms. The summed E-state index contributed by atoms with van der Waals surface area (Å²) < 4.78 is 39.1. The van der Waals surface area contributed by atoms with Crippen molar-refractivity contribution in [2.75, 3.05) is 11.4 Å². The highest BCUT2D eigenvalue weighted by molar-refractivity contribution is 5.47. The summed E-state index contributed by atoms with van der Waals surface area (Å²) in [6.45, 7) is -0.0858. The molecule has 2 aromatic carbocycles. The maximum atomic E-state index is 13.0. The van der Waals surface area contributed by atoms with E-state index >= 15 is 0 Å². The van der Waals surface area contributed by atoms with E-state index < -0.39 is 6.30 Å². The molecule has 0 aliphatic rings. The predicted molar refractivity (Wildman–Crippen MR) is 70.0 cm³/mol. The van der Waals surface area contributed by atoms with Crippen molar-refractivity contribution in [2.45, 2.75) is 12.7 Å². The van der Waals surface area contributed by atoms with Gasteiger partial charge < -0.3 is 0 Å². The Morgan fingerprint density at radius 1 is 0.789 bits per heavy atom. The molecule has 0 unspecified atom stereocenters. The van der Waals surface area contributed by atoms with Crippen LogP contribution in [-0.4, -0.2) is 12.8 Å². The van der Waals surface area contributed by atoms with E-state index in [0.29, 0.717) is 11.3 Å². The Bertz CT molecular complexity index is 494. The first-order valence-corrected chi connectivity index (χ1v) is 6.01. The molecular weight excluding hydrogens is 251 g/mol. The summed E-state index contributed by atoms with van der Waals surface area (Å²) in [4.78, 5) is 0.472. The first-order valence-electron chi connectivity index (χ1n) is 6.01. The zero-order chi connectivity index (χ0) is 13.7. The summed E-state index contributed by atoms with van der Waals surface area (Å²) in [5.41, 5.74) is 1.07. The van der Waals surface area contributed by atoms with Crippen molar-refractivity contribution >= 4 is 5.69 Å². The summed E-state index contributed by atoms with van der Waals surface area (Å²) in [6.07, 6.45) is -4.01. The molecule has 0 aliphatic carbocycles. The van der Waals surface area contributed by atoms with E-state index in [2.05, 4.69) is 0 Å². The van der Waals surface area contributed by atoms with Crippen molar-refractivity contribution in [1.82, 2.24) is 0 Å². The molecule has 0 radical (unpaired) electrons. The first kappa shape index (κ1) is 13.5. The molecule has 0 N–H and O–H groups in total. The van der Waals surface area contributed by atoms with E-state index in [0.717, 1.165) is 5.56 Å². The fraction of sp³-hybridized carbons (Fsp3) is 0.200. The Hall–Kier alpha value is -1.97. The van der Waals surface area contributed by atoms with Crippen LogP contribution in [0.5, 0.6) is 0 Å². The second kappa shape index (κ2) is 5.78. The molecule has 0 fully saturated rings. The molecule has 0 bridgehead atoms. The molecule has 2 aromatic rings. The summed E-state index contributed by atoms with van der Waals surface area (Å²) in [6, 6.07) is 17.0. The van der Waals surface area contributed by atoms with E-state index in [1.54, 1.807) is 18.2 Å². The van der Waals surface area contributed by atoms with Gasteiger partial charge in [-0.3, -0.25) is 4.90 Å². The SMILES string of the molecule is FC(F)(F)N(CCc1ccccc1)c1ccccc1. The van der Waals surface area contributed by atoms with Crippen LogP contribution in [0.2, 0.25) is 0 Å². The molecule has 0 aliphatic heterocycles. The first-order chi connectivity index (χ1) is 9.07. The van der Waals surface area contributed by atoms with Crippen LogP contribution in [0.4, 0.5) is 18.9 Å². The monoisotopic (exact) mass is 265 g/mol. The van der Waals surface area contributed by atoms with Crippen LogP contribution in [0.15, 0.2) is 60.7 Å². The summed E-state index contributed by atoms with van der Waals surface area (Å²) in [5, 5.41) is 0. The number of alkyl halides is 3. The van der Waals surface area contributed by atoms with Crippen molar-refractivity contribution < 1.29 is 13.2 Å². The van der Waals surface area contributed by atoms with Crippen molar-refractivity contribution in [1.29, 1.82) is 0 Å². The largest absolute Gasteiger partial charge is 0.484 e. The Balaban J connectivity index is 2.12. The molecule has 4 heteroatoms. The van der Waals surface area contributed by atoms with Gasteiger partial charge in [-0.2, -0.15) is 13.2 Å². The molecule has 100 valence electrons. The minimum atomic E-state index is -4.36. The van der Waals surface area contributed by atoms with E-state index in [1.165, 1.54) is 12.1 Å². The van der Waals surface area contributed by atoms with Crippen molar-refractivity contribution in [3.63, 3.8) is 0 Å². The summed E-state index contributed by atoms with van der Waals surface area (Å²) >= 11 is 0. The molecule has 1 nitrogen and oxygen atoms in total. The van der Waals surface area contributed by atoms with Gasteiger partial charge in [0.1, 0.15) is 0 Å². The molecule has 0 heterocycles. The second-order valence-corrected chi connectivity index (χ2v) is 4.19. The van der Waals surface area contributed by atoms with Crippen molar-refractivity contribution in [3.05, 3.63) is 66.2 Å². The van der Waals surface area contributed by atoms with Crippen LogP contribution in [0.1, 0.15) is 5.56 Å². The third-order valence-electron chi connectivity index (χ3n) is 2.84. The third-order valence-corrected chi connectivity index (χ3v) is 2.84. The zero-order valence-corrected chi connectivity index (χ0v) is 10.3. The van der Waals surface area contributed by atoms with Gasteiger partial charge in [-0.05, 0) is 24.1 Å². The summed E-state index contributed by atoms with van der Waals surface area (Å²) in [7, 11) is 0. The summed E-state index contributed by atoms with van der Waals surface area (Å²) in [5.74, 6) is 0. The van der Waals surface area contributed by atoms with Crippen molar-refractivity contribution in [2.24, 2.45) is 0 Å². The average Bonchev–Trinajstić information content (AvgIpc) is 2.40. The molecule has 0 spiro atoms. The van der Waals surface area contributed by atoms with Gasteiger partial charge in [0.25, 0.3) is 0 Å². The molecule has 0 saturated carbocycles. The number of benzene rings is 2. The Labute approximate surface area is 110 Å². The average molecular weight is 265 g/mol. The van der Waals surface area contributed by atoms with Gasteiger partial charge >= 0.3 is 6.30 Å². The smallest absolute Gasteiger partial charge is 0.284 e. The van der Waals surface area contributed by atoms with Crippen LogP contribution in [0.25, 0.3) is 0 Å². The van der Waals surface area contributed by atoms with E-state index in [-0.39, 0.29) is 12.2 Å². The Kier molecular flexibility index (Phi) is 4.10. The van der Waals surface area contributed by atoms with Crippen molar-refractivity contribution in [3.8, 4) is 0 Å². The van der Waals surface area contributed by atoms with E-state index in [4.69, 9.17) is 0 Å². The lowest BCUT2D eigenvalue weighted by molar-refractivity contribution is -0.129. The lowest BCUT2D eigenvalue weighted by Crippen LogP contribution is -2.39. The minimum absolute atomic E-state index is 0.0858. The number of anilines is 1. The second-order valence-electron chi connectivity index (χ2n) is 4.19. The van der Waals surface area contributed by atoms with Gasteiger partial charge in [-0.25, -0.2) is 0 Å². The Morgan fingerprint density at radius 3 is 1.84 bits per heavy atom. The quantitative estimate of drug-likeness (QED) is 0.747. The van der Waals surface area contributed by atoms with Crippen LogP contribution in [0.3, 0.4) is 0 Å². The highest BCUT2D eigenvalue weighted by Gasteiger charge is 2.36. The standard InChI is InChI=1S/C15H14F3N/c16-15(17,18)19(14-9-5-2-6-10-14)12-11-13-7-3-1-4-8-13/h1-10H,11-12H2. The number of nitrogens with zero attached hydrogens (tertiary/aromatic N) is 1. The molecule has 2 rings (SSSR count). The van der Waals surface area contributed by atoms with Gasteiger partial charge in [-0.15, -0.1) is 0 Å². The fourth-order valence-electron chi connectivity index (χ4n) is 1.90. The highest BCUT2D eigenvalue weighted by atomic mass is 19.4. The van der Waals surface area contributed by atoms with Crippen LogP contribution < -0.4 is 4.90 Å².